The van der Waals surface area contributed by atoms with Crippen LogP contribution in [0.15, 0.2) is 12.1 Å². The Hall–Kier alpha value is -1.26. The number of ether oxygens (including phenoxy) is 3. The van der Waals surface area contributed by atoms with E-state index in [2.05, 4.69) is 31.3 Å². The fourth-order valence-corrected chi connectivity index (χ4v) is 3.03. The molecule has 21 heavy (non-hydrogen) atoms. The third kappa shape index (κ3) is 3.16. The van der Waals surface area contributed by atoms with Gasteiger partial charge < -0.3 is 19.5 Å². The lowest BCUT2D eigenvalue weighted by Gasteiger charge is -2.32. The van der Waals surface area contributed by atoms with E-state index in [1.54, 1.807) is 7.11 Å². The average molecular weight is 291 g/mol. The minimum absolute atomic E-state index is 0.0763. The molecule has 1 atom stereocenters. The average Bonchev–Trinajstić information content (AvgIpc) is 2.51. The molecule has 0 saturated carbocycles. The molecule has 0 fully saturated rings. The summed E-state index contributed by atoms with van der Waals surface area (Å²) < 4.78 is 17.0. The van der Waals surface area contributed by atoms with Crippen molar-refractivity contribution in [2.24, 2.45) is 0 Å². The number of hydrogen-bond donors (Lipinski definition) is 1. The number of hydrogen-bond acceptors (Lipinski definition) is 4. The summed E-state index contributed by atoms with van der Waals surface area (Å²) in [6.07, 6.45) is 3.14. The van der Waals surface area contributed by atoms with E-state index in [9.17, 15) is 0 Å². The third-order valence-electron chi connectivity index (χ3n) is 4.55. The molecule has 1 unspecified atom stereocenters. The normalized spacial score (nSPS) is 21.0. The first-order chi connectivity index (χ1) is 10.1. The molecule has 1 N–H and O–H groups in total. The van der Waals surface area contributed by atoms with E-state index in [4.69, 9.17) is 14.2 Å². The van der Waals surface area contributed by atoms with Crippen LogP contribution < -0.4 is 14.8 Å². The van der Waals surface area contributed by atoms with Gasteiger partial charge in [-0.25, -0.2) is 0 Å². The maximum absolute atomic E-state index is 5.73. The van der Waals surface area contributed by atoms with Crippen molar-refractivity contribution in [1.82, 2.24) is 5.32 Å². The first-order valence-electron chi connectivity index (χ1n) is 7.80. The summed E-state index contributed by atoms with van der Waals surface area (Å²) in [6.45, 7) is 6.59. The monoisotopic (exact) mass is 291 g/mol. The summed E-state index contributed by atoms with van der Waals surface area (Å²) in [7, 11) is 1.78. The van der Waals surface area contributed by atoms with Gasteiger partial charge in [-0.2, -0.15) is 0 Å². The lowest BCUT2D eigenvalue weighted by molar-refractivity contribution is 0.0115. The van der Waals surface area contributed by atoms with Crippen LogP contribution in [-0.4, -0.2) is 32.5 Å². The smallest absolute Gasteiger partial charge is 0.161 e. The molecule has 4 heteroatoms. The molecule has 116 valence electrons. The van der Waals surface area contributed by atoms with Crippen molar-refractivity contribution in [3.8, 4) is 11.5 Å². The van der Waals surface area contributed by atoms with E-state index >= 15 is 0 Å². The Morgan fingerprint density at radius 1 is 1.24 bits per heavy atom. The van der Waals surface area contributed by atoms with Gasteiger partial charge >= 0.3 is 0 Å². The molecule has 0 radical (unpaired) electrons. The van der Waals surface area contributed by atoms with Crippen LogP contribution in [0.2, 0.25) is 0 Å². The molecule has 0 aromatic heterocycles. The van der Waals surface area contributed by atoms with E-state index in [0.29, 0.717) is 19.3 Å². The third-order valence-corrected chi connectivity index (χ3v) is 4.55. The van der Waals surface area contributed by atoms with Crippen molar-refractivity contribution in [2.45, 2.75) is 44.8 Å². The minimum Gasteiger partial charge on any atom is -0.486 e. The quantitative estimate of drug-likeness (QED) is 0.926. The molecule has 2 heterocycles. The second kappa shape index (κ2) is 5.85. The highest BCUT2D eigenvalue weighted by Gasteiger charge is 2.26. The summed E-state index contributed by atoms with van der Waals surface area (Å²) >= 11 is 0. The number of rotatable bonds is 4. The molecular weight excluding hydrogens is 266 g/mol. The molecule has 2 aliphatic rings. The molecule has 1 aromatic carbocycles. The van der Waals surface area contributed by atoms with Crippen molar-refractivity contribution in [2.75, 3.05) is 26.9 Å². The molecule has 0 bridgehead atoms. The first kappa shape index (κ1) is 14.7. The standard InChI is InChI=1S/C17H25NO3/c1-17(2,19-3)6-4-14-13-11-16-15(20-8-9-21-16)10-12(13)5-7-18-14/h10-11,14,18H,4-9H2,1-3H3. The van der Waals surface area contributed by atoms with Gasteiger partial charge in [0.05, 0.1) is 5.60 Å². The maximum atomic E-state index is 5.73. The van der Waals surface area contributed by atoms with Gasteiger partial charge in [0.25, 0.3) is 0 Å². The first-order valence-corrected chi connectivity index (χ1v) is 7.80. The zero-order valence-electron chi connectivity index (χ0n) is 13.2. The minimum atomic E-state index is -0.0763. The van der Waals surface area contributed by atoms with Gasteiger partial charge in [-0.3, -0.25) is 0 Å². The molecule has 2 aliphatic heterocycles. The van der Waals surface area contributed by atoms with Crippen LogP contribution in [-0.2, 0) is 11.2 Å². The summed E-state index contributed by atoms with van der Waals surface area (Å²) in [4.78, 5) is 0. The topological polar surface area (TPSA) is 39.7 Å². The highest BCUT2D eigenvalue weighted by molar-refractivity contribution is 5.50. The Labute approximate surface area is 126 Å². The number of benzene rings is 1. The maximum Gasteiger partial charge on any atom is 0.161 e. The molecule has 0 spiro atoms. The van der Waals surface area contributed by atoms with Gasteiger partial charge in [-0.05, 0) is 62.9 Å². The van der Waals surface area contributed by atoms with Gasteiger partial charge in [0.15, 0.2) is 11.5 Å². The van der Waals surface area contributed by atoms with E-state index in [0.717, 1.165) is 37.3 Å². The highest BCUT2D eigenvalue weighted by atomic mass is 16.6. The van der Waals surface area contributed by atoms with Crippen molar-refractivity contribution in [3.05, 3.63) is 23.3 Å². The van der Waals surface area contributed by atoms with Crippen molar-refractivity contribution >= 4 is 0 Å². The van der Waals surface area contributed by atoms with Gasteiger partial charge in [0, 0.05) is 13.2 Å². The highest BCUT2D eigenvalue weighted by Crippen LogP contribution is 2.38. The van der Waals surface area contributed by atoms with E-state index in [1.807, 2.05) is 0 Å². The fraction of sp³-hybridized carbons (Fsp3) is 0.647. The molecule has 4 nitrogen and oxygen atoms in total. The van der Waals surface area contributed by atoms with Gasteiger partial charge in [0.1, 0.15) is 13.2 Å². The van der Waals surface area contributed by atoms with Crippen LogP contribution >= 0.6 is 0 Å². The number of fused-ring (bicyclic) bond motifs is 2. The van der Waals surface area contributed by atoms with Crippen LogP contribution in [0.25, 0.3) is 0 Å². The van der Waals surface area contributed by atoms with Gasteiger partial charge in [-0.1, -0.05) is 0 Å². The van der Waals surface area contributed by atoms with Crippen molar-refractivity contribution in [3.63, 3.8) is 0 Å². The second-order valence-electron chi connectivity index (χ2n) is 6.45. The molecule has 1 aromatic rings. The Bertz CT molecular complexity index is 513. The lowest BCUT2D eigenvalue weighted by atomic mass is 9.88. The summed E-state index contributed by atoms with van der Waals surface area (Å²) in [6, 6.07) is 4.71. The van der Waals surface area contributed by atoms with Gasteiger partial charge in [0.2, 0.25) is 0 Å². The Kier molecular flexibility index (Phi) is 4.09. The predicted octanol–water partition coefficient (Wildman–Crippen LogP) is 2.85. The van der Waals surface area contributed by atoms with Crippen LogP contribution in [0.4, 0.5) is 0 Å². The summed E-state index contributed by atoms with van der Waals surface area (Å²) in [5.74, 6) is 1.79. The molecule has 0 aliphatic carbocycles. The van der Waals surface area contributed by atoms with E-state index in [-0.39, 0.29) is 5.60 Å². The van der Waals surface area contributed by atoms with Crippen LogP contribution in [0, 0.1) is 0 Å². The zero-order chi connectivity index (χ0) is 14.9. The van der Waals surface area contributed by atoms with Crippen LogP contribution in [0.1, 0.15) is 43.9 Å². The van der Waals surface area contributed by atoms with Crippen molar-refractivity contribution in [1.29, 1.82) is 0 Å². The lowest BCUT2D eigenvalue weighted by Crippen LogP contribution is -2.32. The number of methoxy groups -OCH3 is 1. The Balaban J connectivity index is 1.80. The van der Waals surface area contributed by atoms with Crippen molar-refractivity contribution < 1.29 is 14.2 Å². The second-order valence-corrected chi connectivity index (χ2v) is 6.45. The predicted molar refractivity (Wildman–Crippen MR) is 82.2 cm³/mol. The van der Waals surface area contributed by atoms with E-state index in [1.165, 1.54) is 11.1 Å². The summed E-state index contributed by atoms with van der Waals surface area (Å²) in [5.41, 5.74) is 2.67. The fourth-order valence-electron chi connectivity index (χ4n) is 3.03. The molecule has 0 saturated heterocycles. The molecule has 3 rings (SSSR count). The van der Waals surface area contributed by atoms with Crippen LogP contribution in [0.3, 0.4) is 0 Å². The molecular formula is C17H25NO3. The Morgan fingerprint density at radius 2 is 1.95 bits per heavy atom. The zero-order valence-corrected chi connectivity index (χ0v) is 13.2. The Morgan fingerprint density at radius 3 is 2.67 bits per heavy atom. The SMILES string of the molecule is COC(C)(C)CCC1NCCc2cc3c(cc21)OCCO3. The van der Waals surface area contributed by atoms with Crippen LogP contribution in [0.5, 0.6) is 11.5 Å². The largest absolute Gasteiger partial charge is 0.486 e. The van der Waals surface area contributed by atoms with Gasteiger partial charge in [-0.15, -0.1) is 0 Å². The number of nitrogens with one attached hydrogen (secondary N) is 1. The summed E-state index contributed by atoms with van der Waals surface area (Å²) in [5, 5.41) is 3.63. The molecule has 0 amide bonds. The van der Waals surface area contributed by atoms with E-state index < -0.39 is 0 Å².